The zero-order valence-corrected chi connectivity index (χ0v) is 13.9. The number of aryl methyl sites for hydroxylation is 1. The minimum Gasteiger partial charge on any atom is -0.733 e. The van der Waals surface area contributed by atoms with Crippen LogP contribution in [0.1, 0.15) is 26.5 Å². The molecule has 0 radical (unpaired) electrons. The SMILES string of the molecule is COC(=O)c1c(C)oc2ccc(OC(=O)c3cccc(N([O-])O)c3)cc12. The number of carbonyl (C=O) groups is 2. The van der Waals surface area contributed by atoms with E-state index in [1.54, 1.807) is 13.0 Å². The van der Waals surface area contributed by atoms with Crippen LogP contribution in [0.25, 0.3) is 11.0 Å². The lowest BCUT2D eigenvalue weighted by molar-refractivity contribution is 0.0600. The van der Waals surface area contributed by atoms with Crippen molar-refractivity contribution < 1.29 is 28.7 Å². The lowest BCUT2D eigenvalue weighted by atomic mass is 10.1. The summed E-state index contributed by atoms with van der Waals surface area (Å²) < 4.78 is 15.5. The number of anilines is 1. The Kier molecular flexibility index (Phi) is 4.61. The number of methoxy groups -OCH3 is 1. The first-order chi connectivity index (χ1) is 12.4. The minimum absolute atomic E-state index is 0.0778. The number of carbonyl (C=O) groups excluding carboxylic acids is 2. The largest absolute Gasteiger partial charge is 0.733 e. The second kappa shape index (κ2) is 6.87. The van der Waals surface area contributed by atoms with E-state index in [2.05, 4.69) is 0 Å². The molecule has 1 N–H and O–H groups in total. The molecule has 0 saturated heterocycles. The molecule has 1 aromatic heterocycles. The Labute approximate surface area is 147 Å². The zero-order valence-electron chi connectivity index (χ0n) is 13.9. The number of rotatable bonds is 4. The Hall–Kier alpha value is -3.36. The van der Waals surface area contributed by atoms with E-state index in [0.717, 1.165) is 0 Å². The molecule has 134 valence electrons. The van der Waals surface area contributed by atoms with Gasteiger partial charge in [0.25, 0.3) is 0 Å². The smallest absolute Gasteiger partial charge is 0.343 e. The Morgan fingerprint density at radius 1 is 1.15 bits per heavy atom. The second-order valence-corrected chi connectivity index (χ2v) is 5.40. The Morgan fingerprint density at radius 2 is 1.92 bits per heavy atom. The van der Waals surface area contributed by atoms with Crippen LogP contribution in [0, 0.1) is 12.1 Å². The fraction of sp³-hybridized carbons (Fsp3) is 0.111. The van der Waals surface area contributed by atoms with Gasteiger partial charge in [-0.1, -0.05) is 6.07 Å². The summed E-state index contributed by atoms with van der Waals surface area (Å²) in [6.07, 6.45) is 0. The van der Waals surface area contributed by atoms with Gasteiger partial charge in [0, 0.05) is 5.39 Å². The van der Waals surface area contributed by atoms with E-state index < -0.39 is 11.9 Å². The molecule has 0 atom stereocenters. The number of ether oxygens (including phenoxy) is 2. The van der Waals surface area contributed by atoms with Crippen molar-refractivity contribution in [3.05, 3.63) is 64.6 Å². The van der Waals surface area contributed by atoms with Gasteiger partial charge in [-0.25, -0.2) is 9.59 Å². The molecule has 0 aliphatic carbocycles. The lowest BCUT2D eigenvalue weighted by Crippen LogP contribution is -2.11. The van der Waals surface area contributed by atoms with E-state index in [9.17, 15) is 14.8 Å². The van der Waals surface area contributed by atoms with Gasteiger partial charge >= 0.3 is 11.9 Å². The molecule has 26 heavy (non-hydrogen) atoms. The van der Waals surface area contributed by atoms with Gasteiger partial charge in [0.05, 0.1) is 18.4 Å². The van der Waals surface area contributed by atoms with Gasteiger partial charge in [-0.05, 0) is 43.3 Å². The average molecular weight is 356 g/mol. The van der Waals surface area contributed by atoms with Gasteiger partial charge < -0.3 is 24.3 Å². The summed E-state index contributed by atoms with van der Waals surface area (Å²) in [5.41, 5.74) is 0.680. The van der Waals surface area contributed by atoms with Gasteiger partial charge in [-0.15, -0.1) is 0 Å². The quantitative estimate of drug-likeness (QED) is 0.430. The molecular formula is C18H14NO7-. The highest BCUT2D eigenvalue weighted by Gasteiger charge is 2.20. The van der Waals surface area contributed by atoms with E-state index in [0.29, 0.717) is 16.7 Å². The Balaban J connectivity index is 1.92. The normalized spacial score (nSPS) is 10.6. The van der Waals surface area contributed by atoms with Crippen molar-refractivity contribution in [1.29, 1.82) is 0 Å². The molecule has 0 spiro atoms. The first kappa shape index (κ1) is 17.5. The number of fused-ring (bicyclic) bond motifs is 1. The van der Waals surface area contributed by atoms with Gasteiger partial charge in [-0.2, -0.15) is 0 Å². The van der Waals surface area contributed by atoms with Crippen molar-refractivity contribution in [2.45, 2.75) is 6.92 Å². The summed E-state index contributed by atoms with van der Waals surface area (Å²) >= 11 is 0. The molecule has 0 amide bonds. The molecule has 3 rings (SSSR count). The average Bonchev–Trinajstić information content (AvgIpc) is 2.96. The molecule has 0 bridgehead atoms. The molecule has 0 unspecified atom stereocenters. The van der Waals surface area contributed by atoms with E-state index in [1.807, 2.05) is 0 Å². The van der Waals surface area contributed by atoms with Crippen molar-refractivity contribution in [2.75, 3.05) is 12.3 Å². The summed E-state index contributed by atoms with van der Waals surface area (Å²) in [4.78, 5) is 24.2. The molecule has 0 fully saturated rings. The molecular weight excluding hydrogens is 342 g/mol. The van der Waals surface area contributed by atoms with Crippen LogP contribution in [0.3, 0.4) is 0 Å². The van der Waals surface area contributed by atoms with Crippen LogP contribution in [0.5, 0.6) is 5.75 Å². The van der Waals surface area contributed by atoms with Crippen LogP contribution in [-0.2, 0) is 4.74 Å². The van der Waals surface area contributed by atoms with Crippen molar-refractivity contribution >= 4 is 28.6 Å². The van der Waals surface area contributed by atoms with Crippen LogP contribution >= 0.6 is 0 Å². The topological polar surface area (TPSA) is 112 Å². The van der Waals surface area contributed by atoms with Crippen molar-refractivity contribution in [3.8, 4) is 5.75 Å². The Morgan fingerprint density at radius 3 is 2.62 bits per heavy atom. The first-order valence-electron chi connectivity index (χ1n) is 7.50. The highest BCUT2D eigenvalue weighted by atomic mass is 16.8. The van der Waals surface area contributed by atoms with E-state index in [1.165, 1.54) is 43.5 Å². The van der Waals surface area contributed by atoms with Gasteiger partial charge in [0.2, 0.25) is 0 Å². The highest BCUT2D eigenvalue weighted by Crippen LogP contribution is 2.30. The van der Waals surface area contributed by atoms with E-state index in [4.69, 9.17) is 19.1 Å². The number of esters is 2. The summed E-state index contributed by atoms with van der Waals surface area (Å²) in [5.74, 6) is -0.716. The molecule has 0 aliphatic rings. The molecule has 0 aliphatic heterocycles. The number of hydrogen-bond acceptors (Lipinski definition) is 8. The number of benzene rings is 2. The molecule has 1 heterocycles. The maximum absolute atomic E-state index is 12.3. The van der Waals surface area contributed by atoms with Crippen molar-refractivity contribution in [1.82, 2.24) is 0 Å². The predicted octanol–water partition coefficient (Wildman–Crippen LogP) is 3.44. The van der Waals surface area contributed by atoms with Gasteiger partial charge in [0.1, 0.15) is 22.7 Å². The van der Waals surface area contributed by atoms with E-state index in [-0.39, 0.29) is 27.8 Å². The second-order valence-electron chi connectivity index (χ2n) is 5.40. The fourth-order valence-corrected chi connectivity index (χ4v) is 2.54. The standard InChI is InChI=1S/C18H14NO7/c1-10-16(18(21)24-2)14-9-13(6-7-15(14)25-10)26-17(20)11-4-3-5-12(8-11)19(22)23/h3-9,22H,1-2H3/q-1. The van der Waals surface area contributed by atoms with Crippen LogP contribution < -0.4 is 9.96 Å². The molecule has 8 nitrogen and oxygen atoms in total. The third-order valence-electron chi connectivity index (χ3n) is 3.74. The zero-order chi connectivity index (χ0) is 18.8. The maximum atomic E-state index is 12.3. The summed E-state index contributed by atoms with van der Waals surface area (Å²) in [7, 11) is 1.26. The van der Waals surface area contributed by atoms with E-state index >= 15 is 0 Å². The lowest BCUT2D eigenvalue weighted by Gasteiger charge is -2.21. The van der Waals surface area contributed by atoms with Crippen molar-refractivity contribution in [2.24, 2.45) is 0 Å². The maximum Gasteiger partial charge on any atom is 0.343 e. The van der Waals surface area contributed by atoms with Crippen LogP contribution in [-0.4, -0.2) is 24.3 Å². The number of hydrogen-bond donors (Lipinski definition) is 1. The van der Waals surface area contributed by atoms with Crippen LogP contribution in [0.15, 0.2) is 46.9 Å². The molecule has 8 heteroatoms. The molecule has 0 saturated carbocycles. The highest BCUT2D eigenvalue weighted by molar-refractivity contribution is 6.05. The third kappa shape index (κ3) is 3.23. The van der Waals surface area contributed by atoms with Crippen LogP contribution in [0.2, 0.25) is 0 Å². The minimum atomic E-state index is -0.729. The summed E-state index contributed by atoms with van der Waals surface area (Å²) in [5, 5.41) is 19.9. The summed E-state index contributed by atoms with van der Waals surface area (Å²) in [6, 6.07) is 9.98. The first-order valence-corrected chi connectivity index (χ1v) is 7.50. The molecule has 2 aromatic carbocycles. The van der Waals surface area contributed by atoms with Crippen molar-refractivity contribution in [3.63, 3.8) is 0 Å². The monoisotopic (exact) mass is 356 g/mol. The molecule has 3 aromatic rings. The fourth-order valence-electron chi connectivity index (χ4n) is 2.54. The van der Waals surface area contributed by atoms with Gasteiger partial charge in [0.15, 0.2) is 0 Å². The predicted molar refractivity (Wildman–Crippen MR) is 91.3 cm³/mol. The van der Waals surface area contributed by atoms with Crippen LogP contribution in [0.4, 0.5) is 5.69 Å². The number of nitrogens with zero attached hydrogens (tertiary/aromatic N) is 1. The third-order valence-corrected chi connectivity index (χ3v) is 3.74. The Bertz CT molecular complexity index is 990. The number of furan rings is 1. The van der Waals surface area contributed by atoms with Gasteiger partial charge in [-0.3, -0.25) is 5.21 Å². The summed E-state index contributed by atoms with van der Waals surface area (Å²) in [6.45, 7) is 1.63.